The molecule has 25 heavy (non-hydrogen) atoms. The van der Waals surface area contributed by atoms with Crippen LogP contribution < -0.4 is 10.6 Å². The highest BCUT2D eigenvalue weighted by Gasteiger charge is 2.25. The van der Waals surface area contributed by atoms with E-state index in [1.165, 1.54) is 11.1 Å². The molecule has 5 nitrogen and oxygen atoms in total. The molecule has 1 aliphatic rings. The number of urea groups is 1. The minimum Gasteiger partial charge on any atom is -0.336 e. The fourth-order valence-corrected chi connectivity index (χ4v) is 3.04. The van der Waals surface area contributed by atoms with E-state index in [-0.39, 0.29) is 5.91 Å². The molecule has 0 fully saturated rings. The summed E-state index contributed by atoms with van der Waals surface area (Å²) < 4.78 is 0. The Morgan fingerprint density at radius 1 is 1.08 bits per heavy atom. The lowest BCUT2D eigenvalue weighted by molar-refractivity contribution is -0.133. The number of amides is 3. The van der Waals surface area contributed by atoms with Crippen LogP contribution in [-0.4, -0.2) is 29.4 Å². The summed E-state index contributed by atoms with van der Waals surface area (Å²) in [6.07, 6.45) is 0.839. The van der Waals surface area contributed by atoms with Crippen LogP contribution in [0.25, 0.3) is 0 Å². The maximum atomic E-state index is 12.6. The van der Waals surface area contributed by atoms with E-state index < -0.39 is 12.1 Å². The number of fused-ring (bicyclic) bond motifs is 1. The van der Waals surface area contributed by atoms with E-state index >= 15 is 0 Å². The van der Waals surface area contributed by atoms with Crippen LogP contribution in [-0.2, 0) is 17.8 Å². The van der Waals surface area contributed by atoms with Gasteiger partial charge in [0.05, 0.1) is 0 Å². The van der Waals surface area contributed by atoms with E-state index in [0.29, 0.717) is 23.8 Å². The fourth-order valence-electron chi connectivity index (χ4n) is 2.92. The first-order valence-corrected chi connectivity index (χ1v) is 8.59. The van der Waals surface area contributed by atoms with Gasteiger partial charge in [-0.15, -0.1) is 0 Å². The second-order valence-electron chi connectivity index (χ2n) is 6.11. The number of hydrogen-bond acceptors (Lipinski definition) is 2. The first kappa shape index (κ1) is 17.3. The lowest BCUT2D eigenvalue weighted by atomic mass is 9.99. The number of hydrogen-bond donors (Lipinski definition) is 2. The van der Waals surface area contributed by atoms with Crippen molar-refractivity contribution in [2.75, 3.05) is 11.9 Å². The average Bonchev–Trinajstić information content (AvgIpc) is 2.62. The predicted octanol–water partition coefficient (Wildman–Crippen LogP) is 3.43. The molecule has 0 bridgehead atoms. The minimum absolute atomic E-state index is 0.0826. The molecule has 0 saturated heterocycles. The third kappa shape index (κ3) is 4.31. The van der Waals surface area contributed by atoms with Crippen LogP contribution >= 0.6 is 11.6 Å². The van der Waals surface area contributed by atoms with Crippen molar-refractivity contribution in [1.29, 1.82) is 0 Å². The van der Waals surface area contributed by atoms with E-state index in [0.717, 1.165) is 6.42 Å². The molecule has 0 spiro atoms. The standard InChI is InChI=1S/C19H20ClN3O2/c1-13(21-19(25)22-17-8-6-16(20)7-9-17)18(24)23-11-10-14-4-2-3-5-15(14)12-23/h2-9,13H,10-12H2,1H3,(H2,21,22,25)/t13-/m1/s1. The topological polar surface area (TPSA) is 61.4 Å². The molecule has 0 aromatic heterocycles. The average molecular weight is 358 g/mol. The quantitative estimate of drug-likeness (QED) is 0.884. The third-order valence-electron chi connectivity index (χ3n) is 4.26. The number of rotatable bonds is 3. The molecule has 0 saturated carbocycles. The number of benzene rings is 2. The monoisotopic (exact) mass is 357 g/mol. The van der Waals surface area contributed by atoms with Crippen molar-refractivity contribution in [2.45, 2.75) is 25.9 Å². The third-order valence-corrected chi connectivity index (χ3v) is 4.51. The van der Waals surface area contributed by atoms with Crippen LogP contribution in [0.4, 0.5) is 10.5 Å². The Kier molecular flexibility index (Phi) is 5.24. The molecule has 0 radical (unpaired) electrons. The second-order valence-corrected chi connectivity index (χ2v) is 6.54. The van der Waals surface area contributed by atoms with Crippen LogP contribution in [0, 0.1) is 0 Å². The van der Waals surface area contributed by atoms with Gasteiger partial charge in [-0.2, -0.15) is 0 Å². The lowest BCUT2D eigenvalue weighted by Crippen LogP contribution is -2.49. The largest absolute Gasteiger partial charge is 0.336 e. The molecule has 1 heterocycles. The van der Waals surface area contributed by atoms with Crippen LogP contribution in [0.15, 0.2) is 48.5 Å². The Morgan fingerprint density at radius 3 is 2.48 bits per heavy atom. The molecule has 130 valence electrons. The van der Waals surface area contributed by atoms with E-state index in [1.807, 2.05) is 18.2 Å². The normalized spacial score (nSPS) is 14.4. The molecule has 0 unspecified atom stereocenters. The van der Waals surface area contributed by atoms with Gasteiger partial charge in [0.1, 0.15) is 6.04 Å². The van der Waals surface area contributed by atoms with Crippen molar-refractivity contribution >= 4 is 29.2 Å². The molecule has 2 aromatic carbocycles. The van der Waals surface area contributed by atoms with Gasteiger partial charge in [0.2, 0.25) is 5.91 Å². The molecular formula is C19H20ClN3O2. The van der Waals surface area contributed by atoms with Crippen molar-refractivity contribution in [3.63, 3.8) is 0 Å². The van der Waals surface area contributed by atoms with E-state index in [9.17, 15) is 9.59 Å². The predicted molar refractivity (Wildman–Crippen MR) is 98.6 cm³/mol. The Bertz CT molecular complexity index is 776. The van der Waals surface area contributed by atoms with Gasteiger partial charge in [-0.1, -0.05) is 35.9 Å². The van der Waals surface area contributed by atoms with Gasteiger partial charge >= 0.3 is 6.03 Å². The number of anilines is 1. The van der Waals surface area contributed by atoms with E-state index in [2.05, 4.69) is 16.7 Å². The zero-order chi connectivity index (χ0) is 17.8. The molecule has 6 heteroatoms. The van der Waals surface area contributed by atoms with E-state index in [1.54, 1.807) is 36.1 Å². The molecule has 1 atom stereocenters. The smallest absolute Gasteiger partial charge is 0.319 e. The van der Waals surface area contributed by atoms with Crippen molar-refractivity contribution in [3.8, 4) is 0 Å². The van der Waals surface area contributed by atoms with Crippen molar-refractivity contribution in [3.05, 3.63) is 64.7 Å². The van der Waals surface area contributed by atoms with Crippen LogP contribution in [0.1, 0.15) is 18.1 Å². The SMILES string of the molecule is C[C@@H](NC(=O)Nc1ccc(Cl)cc1)C(=O)N1CCc2ccccc2C1. The maximum Gasteiger partial charge on any atom is 0.319 e. The Labute approximate surface area is 152 Å². The van der Waals surface area contributed by atoms with Crippen molar-refractivity contribution in [2.24, 2.45) is 0 Å². The highest BCUT2D eigenvalue weighted by Crippen LogP contribution is 2.19. The number of nitrogens with one attached hydrogen (secondary N) is 2. The zero-order valence-electron chi connectivity index (χ0n) is 14.0. The summed E-state index contributed by atoms with van der Waals surface area (Å²) in [6.45, 7) is 2.95. The summed E-state index contributed by atoms with van der Waals surface area (Å²) in [5, 5.41) is 5.98. The molecule has 3 amide bonds. The van der Waals surface area contributed by atoms with Crippen LogP contribution in [0.3, 0.4) is 0 Å². The molecule has 1 aliphatic heterocycles. The molecule has 2 N–H and O–H groups in total. The summed E-state index contributed by atoms with van der Waals surface area (Å²) in [7, 11) is 0. The second kappa shape index (κ2) is 7.57. The molecular weight excluding hydrogens is 338 g/mol. The van der Waals surface area contributed by atoms with Crippen molar-refractivity contribution < 1.29 is 9.59 Å². The Morgan fingerprint density at radius 2 is 1.76 bits per heavy atom. The van der Waals surface area contributed by atoms with E-state index in [4.69, 9.17) is 11.6 Å². The van der Waals surface area contributed by atoms with Gasteiger partial charge < -0.3 is 15.5 Å². The highest BCUT2D eigenvalue weighted by molar-refractivity contribution is 6.30. The summed E-state index contributed by atoms with van der Waals surface area (Å²) in [5.41, 5.74) is 3.07. The number of carbonyl (C=O) groups is 2. The summed E-state index contributed by atoms with van der Waals surface area (Å²) in [5.74, 6) is -0.0826. The highest BCUT2D eigenvalue weighted by atomic mass is 35.5. The summed E-state index contributed by atoms with van der Waals surface area (Å²) in [6, 6.07) is 13.9. The van der Waals surface area contributed by atoms with Gasteiger partial charge in [0, 0.05) is 23.8 Å². The van der Waals surface area contributed by atoms with Crippen LogP contribution in [0.5, 0.6) is 0 Å². The van der Waals surface area contributed by atoms with Crippen molar-refractivity contribution in [1.82, 2.24) is 10.2 Å². The van der Waals surface area contributed by atoms with Crippen LogP contribution in [0.2, 0.25) is 5.02 Å². The van der Waals surface area contributed by atoms with Gasteiger partial charge in [0.15, 0.2) is 0 Å². The van der Waals surface area contributed by atoms with Gasteiger partial charge in [0.25, 0.3) is 0 Å². The van der Waals surface area contributed by atoms with Gasteiger partial charge in [-0.05, 0) is 48.7 Å². The summed E-state index contributed by atoms with van der Waals surface area (Å²) in [4.78, 5) is 26.5. The Balaban J connectivity index is 1.56. The summed E-state index contributed by atoms with van der Waals surface area (Å²) >= 11 is 5.82. The Hall–Kier alpha value is -2.53. The molecule has 0 aliphatic carbocycles. The van der Waals surface area contributed by atoms with Gasteiger partial charge in [-0.3, -0.25) is 4.79 Å². The minimum atomic E-state index is -0.599. The lowest BCUT2D eigenvalue weighted by Gasteiger charge is -2.31. The first-order valence-electron chi connectivity index (χ1n) is 8.21. The number of halogens is 1. The zero-order valence-corrected chi connectivity index (χ0v) is 14.7. The van der Waals surface area contributed by atoms with Gasteiger partial charge in [-0.25, -0.2) is 4.79 Å². The fraction of sp³-hybridized carbons (Fsp3) is 0.263. The maximum absolute atomic E-state index is 12.6. The number of nitrogens with zero attached hydrogens (tertiary/aromatic N) is 1. The first-order chi connectivity index (χ1) is 12.0. The number of carbonyl (C=O) groups excluding carboxylic acids is 2. The molecule has 2 aromatic rings. The molecule has 3 rings (SSSR count).